The van der Waals surface area contributed by atoms with E-state index in [0.29, 0.717) is 12.0 Å². The second-order valence-corrected chi connectivity index (χ2v) is 3.53. The van der Waals surface area contributed by atoms with Crippen LogP contribution in [-0.2, 0) is 6.42 Å². The monoisotopic (exact) mass is 217 g/mol. The maximum absolute atomic E-state index is 11.0. The summed E-state index contributed by atoms with van der Waals surface area (Å²) in [6.45, 7) is 1.91. The molecule has 0 aliphatic rings. The van der Waals surface area contributed by atoms with Gasteiger partial charge in [-0.2, -0.15) is 0 Å². The Hall–Kier alpha value is -2.17. The van der Waals surface area contributed by atoms with Gasteiger partial charge in [0.1, 0.15) is 6.26 Å². The third kappa shape index (κ3) is 2.08. The van der Waals surface area contributed by atoms with Gasteiger partial charge in [-0.15, -0.1) is 0 Å². The fraction of sp³-hybridized carbons (Fsp3) is 0.182. The fourth-order valence-electron chi connectivity index (χ4n) is 1.52. The normalized spacial score (nSPS) is 10.3. The zero-order valence-electron chi connectivity index (χ0n) is 8.80. The van der Waals surface area contributed by atoms with Crippen molar-refractivity contribution in [2.24, 2.45) is 5.73 Å². The third-order valence-electron chi connectivity index (χ3n) is 2.23. The lowest BCUT2D eigenvalue weighted by Crippen LogP contribution is -2.13. The molecule has 0 radical (unpaired) electrons. The van der Waals surface area contributed by atoms with E-state index in [0.717, 1.165) is 11.3 Å². The van der Waals surface area contributed by atoms with Crippen LogP contribution < -0.4 is 5.73 Å². The first kappa shape index (κ1) is 10.4. The van der Waals surface area contributed by atoms with Gasteiger partial charge in [-0.25, -0.2) is 0 Å². The molecule has 82 valence electrons. The lowest BCUT2D eigenvalue weighted by molar-refractivity contribution is 0.0991. The lowest BCUT2D eigenvalue weighted by atomic mass is 10.1. The summed E-state index contributed by atoms with van der Waals surface area (Å²) >= 11 is 0. The molecule has 5 heteroatoms. The van der Waals surface area contributed by atoms with E-state index in [1.165, 1.54) is 6.26 Å². The Morgan fingerprint density at radius 3 is 3.06 bits per heavy atom. The molecule has 0 atom stereocenters. The molecule has 0 saturated carbocycles. The molecule has 0 aliphatic carbocycles. The largest absolute Gasteiger partial charge is 0.364 e. The van der Waals surface area contributed by atoms with Crippen LogP contribution in [0.4, 0.5) is 0 Å². The molecule has 0 unspecified atom stereocenters. The van der Waals surface area contributed by atoms with E-state index < -0.39 is 5.91 Å². The summed E-state index contributed by atoms with van der Waals surface area (Å²) in [6.07, 6.45) is 3.73. The van der Waals surface area contributed by atoms with Crippen molar-refractivity contribution in [3.63, 3.8) is 0 Å². The van der Waals surface area contributed by atoms with E-state index in [9.17, 15) is 4.79 Å². The van der Waals surface area contributed by atoms with Crippen LogP contribution in [-0.4, -0.2) is 16.0 Å². The highest BCUT2D eigenvalue weighted by molar-refractivity contribution is 5.92. The second kappa shape index (κ2) is 4.14. The molecule has 0 aliphatic heterocycles. The zero-order valence-corrected chi connectivity index (χ0v) is 8.80. The number of amides is 1. The van der Waals surface area contributed by atoms with Gasteiger partial charge in [0.05, 0.1) is 0 Å². The summed E-state index contributed by atoms with van der Waals surface area (Å²) in [7, 11) is 0. The van der Waals surface area contributed by atoms with Crippen molar-refractivity contribution in [3.05, 3.63) is 47.1 Å². The minimum absolute atomic E-state index is 0.189. The summed E-state index contributed by atoms with van der Waals surface area (Å²) in [5, 5.41) is 3.57. The summed E-state index contributed by atoms with van der Waals surface area (Å²) in [5.74, 6) is -0.575. The summed E-state index contributed by atoms with van der Waals surface area (Å²) in [6, 6.07) is 3.82. The molecule has 0 fully saturated rings. The van der Waals surface area contributed by atoms with Gasteiger partial charge in [0.25, 0.3) is 5.91 Å². The highest BCUT2D eigenvalue weighted by Crippen LogP contribution is 2.13. The first-order valence-corrected chi connectivity index (χ1v) is 4.81. The molecular formula is C11H11N3O2. The molecule has 2 N–H and O–H groups in total. The van der Waals surface area contributed by atoms with Gasteiger partial charge in [0, 0.05) is 23.9 Å². The third-order valence-corrected chi connectivity index (χ3v) is 2.23. The fourth-order valence-corrected chi connectivity index (χ4v) is 1.52. The molecule has 2 aromatic rings. The van der Waals surface area contributed by atoms with E-state index >= 15 is 0 Å². The maximum Gasteiger partial charge on any atom is 0.271 e. The van der Waals surface area contributed by atoms with Gasteiger partial charge in [-0.3, -0.25) is 9.78 Å². The van der Waals surface area contributed by atoms with Gasteiger partial charge in [0.2, 0.25) is 0 Å². The number of pyridine rings is 1. The van der Waals surface area contributed by atoms with Crippen LogP contribution in [0.1, 0.15) is 27.3 Å². The standard InChI is InChI=1S/C11H11N3O2/c1-7-4-8(2-3-13-7)5-9-6-16-14-10(9)11(12)15/h2-4,6H,5H2,1H3,(H2,12,15). The Kier molecular flexibility index (Phi) is 2.68. The first-order valence-electron chi connectivity index (χ1n) is 4.81. The number of nitrogens with two attached hydrogens (primary N) is 1. The summed E-state index contributed by atoms with van der Waals surface area (Å²) < 4.78 is 4.74. The molecule has 5 nitrogen and oxygen atoms in total. The number of hydrogen-bond donors (Lipinski definition) is 1. The molecule has 2 aromatic heterocycles. The lowest BCUT2D eigenvalue weighted by Gasteiger charge is -2.00. The smallest absolute Gasteiger partial charge is 0.271 e. The van der Waals surface area contributed by atoms with Crippen LogP contribution in [0.15, 0.2) is 29.1 Å². The Morgan fingerprint density at radius 2 is 2.38 bits per heavy atom. The van der Waals surface area contributed by atoms with Crippen LogP contribution in [0.25, 0.3) is 0 Å². The van der Waals surface area contributed by atoms with Crippen LogP contribution in [0.3, 0.4) is 0 Å². The molecule has 2 heterocycles. The predicted molar refractivity (Wildman–Crippen MR) is 56.8 cm³/mol. The highest BCUT2D eigenvalue weighted by Gasteiger charge is 2.13. The SMILES string of the molecule is Cc1cc(Cc2conc2C(N)=O)ccn1. The number of nitrogens with zero attached hydrogens (tertiary/aromatic N) is 2. The number of primary amides is 1. The second-order valence-electron chi connectivity index (χ2n) is 3.53. The Balaban J connectivity index is 2.27. The first-order chi connectivity index (χ1) is 7.66. The van der Waals surface area contributed by atoms with Crippen molar-refractivity contribution in [3.8, 4) is 0 Å². The quantitative estimate of drug-likeness (QED) is 0.833. The van der Waals surface area contributed by atoms with Crippen molar-refractivity contribution < 1.29 is 9.32 Å². The number of hydrogen-bond acceptors (Lipinski definition) is 4. The van der Waals surface area contributed by atoms with Crippen LogP contribution in [0.2, 0.25) is 0 Å². The molecule has 0 saturated heterocycles. The number of aromatic nitrogens is 2. The van der Waals surface area contributed by atoms with E-state index in [2.05, 4.69) is 10.1 Å². The maximum atomic E-state index is 11.0. The van der Waals surface area contributed by atoms with Gasteiger partial charge >= 0.3 is 0 Å². The topological polar surface area (TPSA) is 82.0 Å². The number of aryl methyl sites for hydroxylation is 1. The molecule has 0 bridgehead atoms. The van der Waals surface area contributed by atoms with Crippen molar-refractivity contribution in [2.75, 3.05) is 0 Å². The van der Waals surface area contributed by atoms with Crippen molar-refractivity contribution >= 4 is 5.91 Å². The minimum Gasteiger partial charge on any atom is -0.364 e. The van der Waals surface area contributed by atoms with Crippen molar-refractivity contribution in [1.29, 1.82) is 0 Å². The molecule has 0 spiro atoms. The van der Waals surface area contributed by atoms with Gasteiger partial charge in [0.15, 0.2) is 5.69 Å². The van der Waals surface area contributed by atoms with E-state index in [-0.39, 0.29) is 5.69 Å². The molecule has 16 heavy (non-hydrogen) atoms. The molecule has 1 amide bonds. The zero-order chi connectivity index (χ0) is 11.5. The van der Waals surface area contributed by atoms with Crippen molar-refractivity contribution in [2.45, 2.75) is 13.3 Å². The Labute approximate surface area is 92.3 Å². The predicted octanol–water partition coefficient (Wildman–Crippen LogP) is 1.07. The van der Waals surface area contributed by atoms with Gasteiger partial charge in [-0.1, -0.05) is 5.16 Å². The van der Waals surface area contributed by atoms with E-state index in [4.69, 9.17) is 10.3 Å². The molecular weight excluding hydrogens is 206 g/mol. The Morgan fingerprint density at radius 1 is 1.56 bits per heavy atom. The van der Waals surface area contributed by atoms with Crippen molar-refractivity contribution in [1.82, 2.24) is 10.1 Å². The molecule has 2 rings (SSSR count). The average molecular weight is 217 g/mol. The van der Waals surface area contributed by atoms with Crippen LogP contribution >= 0.6 is 0 Å². The average Bonchev–Trinajstić information content (AvgIpc) is 2.66. The van der Waals surface area contributed by atoms with Crippen LogP contribution in [0.5, 0.6) is 0 Å². The number of rotatable bonds is 3. The van der Waals surface area contributed by atoms with Crippen LogP contribution in [0, 0.1) is 6.92 Å². The summed E-state index contributed by atoms with van der Waals surface area (Å²) in [5.41, 5.74) is 8.02. The Bertz CT molecular complexity index is 519. The molecule has 0 aromatic carbocycles. The van der Waals surface area contributed by atoms with Gasteiger partial charge < -0.3 is 10.3 Å². The minimum atomic E-state index is -0.575. The van der Waals surface area contributed by atoms with Gasteiger partial charge in [-0.05, 0) is 24.6 Å². The summed E-state index contributed by atoms with van der Waals surface area (Å²) in [4.78, 5) is 15.1. The number of carbonyl (C=O) groups excluding carboxylic acids is 1. The highest BCUT2D eigenvalue weighted by atomic mass is 16.5. The van der Waals surface area contributed by atoms with E-state index in [1.54, 1.807) is 6.20 Å². The number of carbonyl (C=O) groups is 1. The van der Waals surface area contributed by atoms with E-state index in [1.807, 2.05) is 19.1 Å².